The molecule has 0 N–H and O–H groups in total. The molecular weight excluding hydrogens is 416 g/mol. The van der Waals surface area contributed by atoms with Crippen LogP contribution in [0.5, 0.6) is 5.75 Å². The Morgan fingerprint density at radius 2 is 1.84 bits per heavy atom. The van der Waals surface area contributed by atoms with Gasteiger partial charge in [0.25, 0.3) is 5.91 Å². The summed E-state index contributed by atoms with van der Waals surface area (Å²) < 4.78 is 38.9. The van der Waals surface area contributed by atoms with Crippen molar-refractivity contribution in [3.63, 3.8) is 0 Å². The van der Waals surface area contributed by atoms with Crippen LogP contribution in [-0.2, 0) is 21.2 Å². The van der Waals surface area contributed by atoms with Crippen LogP contribution in [-0.4, -0.2) is 57.6 Å². The summed E-state index contributed by atoms with van der Waals surface area (Å²) in [6.07, 6.45) is 1.36. The summed E-state index contributed by atoms with van der Waals surface area (Å²) in [5.74, 6) is 0.557. The molecule has 2 unspecified atom stereocenters. The van der Waals surface area contributed by atoms with Crippen LogP contribution in [0.15, 0.2) is 47.4 Å². The zero-order valence-electron chi connectivity index (χ0n) is 18.1. The molecule has 2 aromatic carbocycles. The van der Waals surface area contributed by atoms with Crippen LogP contribution in [0, 0.1) is 0 Å². The number of ether oxygens (including phenoxy) is 2. The van der Waals surface area contributed by atoms with Gasteiger partial charge in [-0.1, -0.05) is 6.07 Å². The molecule has 2 aromatic rings. The lowest BCUT2D eigenvalue weighted by atomic mass is 10.0. The fourth-order valence-corrected chi connectivity index (χ4v) is 5.97. The third kappa shape index (κ3) is 4.33. The Hall–Kier alpha value is -2.42. The second-order valence-corrected chi connectivity index (χ2v) is 10.1. The largest absolute Gasteiger partial charge is 0.497 e. The number of carbonyl (C=O) groups excluding carboxylic acids is 1. The van der Waals surface area contributed by atoms with Crippen LogP contribution >= 0.6 is 0 Å². The van der Waals surface area contributed by atoms with E-state index in [1.165, 1.54) is 10.4 Å². The first-order chi connectivity index (χ1) is 14.8. The number of hydrogen-bond donors (Lipinski definition) is 0. The van der Waals surface area contributed by atoms with E-state index in [0.29, 0.717) is 25.2 Å². The van der Waals surface area contributed by atoms with Crippen molar-refractivity contribution in [2.75, 3.05) is 31.6 Å². The molecule has 0 radical (unpaired) electrons. The standard InChI is InChI=1S/C23H28N2O5S/c1-16-14-24(15-17(2)30-16)31(27,28)21-8-4-6-19(13-21)23(26)25-11-5-7-18-12-20(29-3)9-10-22(18)25/h4,6,8-10,12-13,16-17H,5,7,11,14-15H2,1-3H3. The van der Waals surface area contributed by atoms with Crippen LogP contribution in [0.25, 0.3) is 0 Å². The molecule has 2 heterocycles. The van der Waals surface area contributed by atoms with E-state index in [4.69, 9.17) is 9.47 Å². The minimum absolute atomic E-state index is 0.131. The number of sulfonamides is 1. The first-order valence-corrected chi connectivity index (χ1v) is 12.0. The second-order valence-electron chi connectivity index (χ2n) is 8.16. The van der Waals surface area contributed by atoms with Gasteiger partial charge in [-0.2, -0.15) is 4.31 Å². The Bertz CT molecular complexity index is 1080. The number of rotatable bonds is 4. The Morgan fingerprint density at radius 1 is 1.10 bits per heavy atom. The topological polar surface area (TPSA) is 76.2 Å². The van der Waals surface area contributed by atoms with Gasteiger partial charge < -0.3 is 14.4 Å². The van der Waals surface area contributed by atoms with E-state index in [1.807, 2.05) is 32.0 Å². The molecule has 8 heteroatoms. The number of amides is 1. The smallest absolute Gasteiger partial charge is 0.258 e. The summed E-state index contributed by atoms with van der Waals surface area (Å²) in [5, 5.41) is 0. The van der Waals surface area contributed by atoms with E-state index in [1.54, 1.807) is 30.2 Å². The monoisotopic (exact) mass is 444 g/mol. The number of anilines is 1. The van der Waals surface area contributed by atoms with Crippen molar-refractivity contribution in [1.82, 2.24) is 4.31 Å². The van der Waals surface area contributed by atoms with Gasteiger partial charge in [-0.25, -0.2) is 8.42 Å². The van der Waals surface area contributed by atoms with Gasteiger partial charge in [0.05, 0.1) is 24.2 Å². The zero-order chi connectivity index (χ0) is 22.2. The van der Waals surface area contributed by atoms with Crippen molar-refractivity contribution >= 4 is 21.6 Å². The van der Waals surface area contributed by atoms with Gasteiger partial charge in [-0.15, -0.1) is 0 Å². The van der Waals surface area contributed by atoms with Gasteiger partial charge in [0.1, 0.15) is 5.75 Å². The molecule has 1 fully saturated rings. The fourth-order valence-electron chi connectivity index (χ4n) is 4.33. The summed E-state index contributed by atoms with van der Waals surface area (Å²) in [5.41, 5.74) is 2.26. The summed E-state index contributed by atoms with van der Waals surface area (Å²) in [6, 6.07) is 12.0. The summed E-state index contributed by atoms with van der Waals surface area (Å²) in [4.78, 5) is 15.2. The molecule has 7 nitrogen and oxygen atoms in total. The molecular formula is C23H28N2O5S. The Labute approximate surface area is 183 Å². The summed E-state index contributed by atoms with van der Waals surface area (Å²) >= 11 is 0. The summed E-state index contributed by atoms with van der Waals surface area (Å²) in [7, 11) is -2.10. The molecule has 2 atom stereocenters. The third-order valence-electron chi connectivity index (χ3n) is 5.76. The summed E-state index contributed by atoms with van der Waals surface area (Å²) in [6.45, 7) is 4.91. The van der Waals surface area contributed by atoms with Gasteiger partial charge in [-0.3, -0.25) is 4.79 Å². The quantitative estimate of drug-likeness (QED) is 0.724. The van der Waals surface area contributed by atoms with E-state index in [9.17, 15) is 13.2 Å². The lowest BCUT2D eigenvalue weighted by molar-refractivity contribution is -0.0440. The highest BCUT2D eigenvalue weighted by molar-refractivity contribution is 7.89. The highest BCUT2D eigenvalue weighted by atomic mass is 32.2. The molecule has 0 saturated carbocycles. The van der Waals surface area contributed by atoms with E-state index >= 15 is 0 Å². The predicted molar refractivity (Wildman–Crippen MR) is 118 cm³/mol. The number of nitrogens with zero attached hydrogens (tertiary/aromatic N) is 2. The molecule has 0 bridgehead atoms. The SMILES string of the molecule is COc1ccc2c(c1)CCCN2C(=O)c1cccc(S(=O)(=O)N2CC(C)OC(C)C2)c1. The first kappa shape index (κ1) is 21.8. The van der Waals surface area contributed by atoms with Crippen molar-refractivity contribution < 1.29 is 22.7 Å². The van der Waals surface area contributed by atoms with Crippen molar-refractivity contribution in [2.45, 2.75) is 43.8 Å². The maximum Gasteiger partial charge on any atom is 0.258 e. The number of morpholine rings is 1. The highest BCUT2D eigenvalue weighted by Crippen LogP contribution is 2.32. The minimum Gasteiger partial charge on any atom is -0.497 e. The molecule has 0 aliphatic carbocycles. The van der Waals surface area contributed by atoms with Crippen LogP contribution < -0.4 is 9.64 Å². The van der Waals surface area contributed by atoms with E-state index in [2.05, 4.69) is 0 Å². The Balaban J connectivity index is 1.63. The minimum atomic E-state index is -3.72. The van der Waals surface area contributed by atoms with Gasteiger partial charge >= 0.3 is 0 Å². The van der Waals surface area contributed by atoms with Crippen LogP contribution in [0.4, 0.5) is 5.69 Å². The average molecular weight is 445 g/mol. The van der Waals surface area contributed by atoms with E-state index < -0.39 is 10.0 Å². The zero-order valence-corrected chi connectivity index (χ0v) is 18.9. The van der Waals surface area contributed by atoms with Gasteiger partial charge in [0.2, 0.25) is 10.0 Å². The molecule has 31 heavy (non-hydrogen) atoms. The van der Waals surface area contributed by atoms with Crippen LogP contribution in [0.2, 0.25) is 0 Å². The van der Waals surface area contributed by atoms with Crippen LogP contribution in [0.3, 0.4) is 0 Å². The van der Waals surface area contributed by atoms with Crippen LogP contribution in [0.1, 0.15) is 36.2 Å². The van der Waals surface area contributed by atoms with Gasteiger partial charge in [-0.05, 0) is 68.7 Å². The number of benzene rings is 2. The molecule has 1 amide bonds. The number of methoxy groups -OCH3 is 1. The van der Waals surface area contributed by atoms with Crippen molar-refractivity contribution in [2.24, 2.45) is 0 Å². The number of carbonyl (C=O) groups is 1. The third-order valence-corrected chi connectivity index (χ3v) is 7.58. The van der Waals surface area contributed by atoms with E-state index in [-0.39, 0.29) is 23.0 Å². The number of hydrogen-bond acceptors (Lipinski definition) is 5. The molecule has 4 rings (SSSR count). The normalized spacial score (nSPS) is 22.1. The van der Waals surface area contributed by atoms with Gasteiger partial charge in [0, 0.05) is 30.9 Å². The maximum atomic E-state index is 13.3. The Kier molecular flexibility index (Phi) is 6.05. The molecule has 1 saturated heterocycles. The molecule has 2 aliphatic heterocycles. The molecule has 2 aliphatic rings. The highest BCUT2D eigenvalue weighted by Gasteiger charge is 2.33. The first-order valence-electron chi connectivity index (χ1n) is 10.5. The molecule has 166 valence electrons. The number of fused-ring (bicyclic) bond motifs is 1. The maximum absolute atomic E-state index is 13.3. The number of aryl methyl sites for hydroxylation is 1. The van der Waals surface area contributed by atoms with Crippen molar-refractivity contribution in [3.05, 3.63) is 53.6 Å². The van der Waals surface area contributed by atoms with E-state index in [0.717, 1.165) is 29.8 Å². The fraction of sp³-hybridized carbons (Fsp3) is 0.435. The van der Waals surface area contributed by atoms with Gasteiger partial charge in [0.15, 0.2) is 0 Å². The van der Waals surface area contributed by atoms with Crippen molar-refractivity contribution in [3.8, 4) is 5.75 Å². The lowest BCUT2D eigenvalue weighted by Gasteiger charge is -2.34. The second kappa shape index (κ2) is 8.61. The average Bonchev–Trinajstić information content (AvgIpc) is 2.77. The lowest BCUT2D eigenvalue weighted by Crippen LogP contribution is -2.48. The molecule has 0 spiro atoms. The van der Waals surface area contributed by atoms with Crippen molar-refractivity contribution in [1.29, 1.82) is 0 Å². The Morgan fingerprint density at radius 3 is 2.55 bits per heavy atom. The predicted octanol–water partition coefficient (Wildman–Crippen LogP) is 3.09. The molecule has 0 aromatic heterocycles.